The van der Waals surface area contributed by atoms with Crippen LogP contribution in [0.15, 0.2) is 10.5 Å². The van der Waals surface area contributed by atoms with Crippen molar-refractivity contribution in [1.82, 2.24) is 9.88 Å². The number of carbonyl (C=O) groups is 1. The van der Waals surface area contributed by atoms with Crippen molar-refractivity contribution in [3.63, 3.8) is 0 Å². The van der Waals surface area contributed by atoms with Gasteiger partial charge in [0.25, 0.3) is 0 Å². The van der Waals surface area contributed by atoms with Crippen LogP contribution in [-0.4, -0.2) is 61.5 Å². The summed E-state index contributed by atoms with van der Waals surface area (Å²) in [7, 11) is 3.00. The molecule has 0 bridgehead atoms. The van der Waals surface area contributed by atoms with Crippen molar-refractivity contribution in [2.75, 3.05) is 38.8 Å². The number of piperazine rings is 1. The van der Waals surface area contributed by atoms with E-state index in [0.29, 0.717) is 57.0 Å². The molecular formula is C22H26BrClN4O4. The Hall–Kier alpha value is -2.44. The molecule has 172 valence electrons. The van der Waals surface area contributed by atoms with Crippen LogP contribution in [0.4, 0.5) is 10.5 Å². The minimum absolute atomic E-state index is 0.105. The molecule has 1 fully saturated rings. The summed E-state index contributed by atoms with van der Waals surface area (Å²) in [5.74, 6) is 0.654. The molecule has 10 heteroatoms. The molecule has 3 rings (SSSR count). The number of ether oxygens (including phenoxy) is 3. The van der Waals surface area contributed by atoms with Gasteiger partial charge < -0.3 is 24.0 Å². The minimum Gasteiger partial charge on any atom is -0.493 e. The summed E-state index contributed by atoms with van der Waals surface area (Å²) >= 11 is 9.91. The van der Waals surface area contributed by atoms with Crippen LogP contribution in [0.2, 0.25) is 5.02 Å². The van der Waals surface area contributed by atoms with Crippen molar-refractivity contribution < 1.29 is 19.0 Å². The van der Waals surface area contributed by atoms with E-state index in [0.717, 1.165) is 0 Å². The van der Waals surface area contributed by atoms with Gasteiger partial charge in [0.05, 0.1) is 29.4 Å². The number of amides is 1. The lowest BCUT2D eigenvalue weighted by atomic mass is 10.0. The molecule has 1 amide bonds. The van der Waals surface area contributed by atoms with Gasteiger partial charge in [-0.1, -0.05) is 11.6 Å². The number of methoxy groups -OCH3 is 2. The fourth-order valence-electron chi connectivity index (χ4n) is 3.79. The van der Waals surface area contributed by atoms with Crippen molar-refractivity contribution >= 4 is 50.2 Å². The standard InChI is InChI=1S/C22H26BrClN4O4/c1-12-11-27(21(29)32-22(2,3)4)7-8-28(12)18-13-9-15(24)16(23)19(30-5)17(13)26-20(31-6)14(18)10-25/h9,12H,7-8,11H2,1-6H3/t12-/m0/s1. The monoisotopic (exact) mass is 524 g/mol. The molecule has 1 saturated heterocycles. The zero-order valence-electron chi connectivity index (χ0n) is 19.0. The number of halogens is 2. The number of aromatic nitrogens is 1. The van der Waals surface area contributed by atoms with Gasteiger partial charge in [0.1, 0.15) is 22.8 Å². The van der Waals surface area contributed by atoms with Gasteiger partial charge in [-0.25, -0.2) is 9.78 Å². The predicted octanol–water partition coefficient (Wildman–Crippen LogP) is 4.99. The largest absolute Gasteiger partial charge is 0.493 e. The number of hydrogen-bond donors (Lipinski definition) is 0. The lowest BCUT2D eigenvalue weighted by molar-refractivity contribution is 0.0219. The second-order valence-corrected chi connectivity index (χ2v) is 9.73. The highest BCUT2D eigenvalue weighted by Crippen LogP contribution is 2.45. The van der Waals surface area contributed by atoms with Crippen molar-refractivity contribution in [3.05, 3.63) is 21.1 Å². The summed E-state index contributed by atoms with van der Waals surface area (Å²) in [4.78, 5) is 20.9. The summed E-state index contributed by atoms with van der Waals surface area (Å²) in [6.07, 6.45) is -0.352. The number of nitriles is 1. The average Bonchev–Trinajstić information content (AvgIpc) is 2.72. The van der Waals surface area contributed by atoms with Gasteiger partial charge in [-0.05, 0) is 49.7 Å². The molecule has 1 aliphatic heterocycles. The number of carbonyl (C=O) groups excluding carboxylic acids is 1. The van der Waals surface area contributed by atoms with Gasteiger partial charge in [-0.2, -0.15) is 5.26 Å². The van der Waals surface area contributed by atoms with Gasteiger partial charge >= 0.3 is 6.09 Å². The summed E-state index contributed by atoms with van der Waals surface area (Å²) in [6, 6.07) is 3.89. The molecule has 1 aromatic carbocycles. The van der Waals surface area contributed by atoms with Crippen molar-refractivity contribution in [2.45, 2.75) is 39.3 Å². The van der Waals surface area contributed by atoms with Crippen LogP contribution < -0.4 is 14.4 Å². The molecule has 1 atom stereocenters. The normalized spacial score (nSPS) is 16.7. The van der Waals surface area contributed by atoms with E-state index in [1.165, 1.54) is 14.2 Å². The molecule has 0 N–H and O–H groups in total. The molecule has 2 aromatic rings. The Morgan fingerprint density at radius 1 is 1.31 bits per heavy atom. The van der Waals surface area contributed by atoms with Crippen LogP contribution in [-0.2, 0) is 4.74 Å². The first-order valence-electron chi connectivity index (χ1n) is 10.1. The van der Waals surface area contributed by atoms with E-state index in [9.17, 15) is 10.1 Å². The number of benzene rings is 1. The number of nitrogens with zero attached hydrogens (tertiary/aromatic N) is 4. The van der Waals surface area contributed by atoms with E-state index in [-0.39, 0.29) is 18.0 Å². The number of fused-ring (bicyclic) bond motifs is 1. The molecule has 32 heavy (non-hydrogen) atoms. The lowest BCUT2D eigenvalue weighted by Crippen LogP contribution is -2.54. The lowest BCUT2D eigenvalue weighted by Gasteiger charge is -2.42. The molecule has 8 nitrogen and oxygen atoms in total. The van der Waals surface area contributed by atoms with Gasteiger partial charge in [0.15, 0.2) is 5.75 Å². The quantitative estimate of drug-likeness (QED) is 0.558. The summed E-state index contributed by atoms with van der Waals surface area (Å²) in [5, 5.41) is 11.1. The maximum Gasteiger partial charge on any atom is 0.410 e. The molecule has 0 radical (unpaired) electrons. The number of rotatable bonds is 3. The highest BCUT2D eigenvalue weighted by atomic mass is 79.9. The van der Waals surface area contributed by atoms with E-state index in [2.05, 4.69) is 31.9 Å². The Balaban J connectivity index is 2.11. The third-order valence-electron chi connectivity index (χ3n) is 5.15. The van der Waals surface area contributed by atoms with Crippen LogP contribution in [0.3, 0.4) is 0 Å². The van der Waals surface area contributed by atoms with E-state index in [4.69, 9.17) is 25.8 Å². The highest BCUT2D eigenvalue weighted by Gasteiger charge is 2.33. The Labute approximate surface area is 201 Å². The molecular weight excluding hydrogens is 500 g/mol. The number of hydrogen-bond acceptors (Lipinski definition) is 7. The maximum atomic E-state index is 12.6. The van der Waals surface area contributed by atoms with Crippen LogP contribution in [0.25, 0.3) is 10.9 Å². The Morgan fingerprint density at radius 3 is 2.53 bits per heavy atom. The van der Waals surface area contributed by atoms with Gasteiger partial charge in [0, 0.05) is 31.1 Å². The smallest absolute Gasteiger partial charge is 0.410 e. The SMILES string of the molecule is COc1nc2c(OC)c(Br)c(Cl)cc2c(N2CCN(C(=O)OC(C)(C)C)C[C@@H]2C)c1C#N. The van der Waals surface area contributed by atoms with Crippen LogP contribution >= 0.6 is 27.5 Å². The van der Waals surface area contributed by atoms with E-state index in [1.807, 2.05) is 27.7 Å². The van der Waals surface area contributed by atoms with Crippen molar-refractivity contribution in [3.8, 4) is 17.7 Å². The van der Waals surface area contributed by atoms with Crippen molar-refractivity contribution in [2.24, 2.45) is 0 Å². The van der Waals surface area contributed by atoms with Crippen LogP contribution in [0.5, 0.6) is 11.6 Å². The van der Waals surface area contributed by atoms with Gasteiger partial charge in [0.2, 0.25) is 5.88 Å². The molecule has 2 heterocycles. The van der Waals surface area contributed by atoms with Crippen LogP contribution in [0, 0.1) is 11.3 Å². The molecule has 0 unspecified atom stereocenters. The summed E-state index contributed by atoms with van der Waals surface area (Å²) in [5.41, 5.74) is 0.911. The van der Waals surface area contributed by atoms with Crippen molar-refractivity contribution in [1.29, 1.82) is 5.26 Å². The molecule has 0 spiro atoms. The minimum atomic E-state index is -0.569. The fourth-order valence-corrected chi connectivity index (χ4v) is 4.45. The second-order valence-electron chi connectivity index (χ2n) is 8.53. The highest BCUT2D eigenvalue weighted by molar-refractivity contribution is 9.10. The fraction of sp³-hybridized carbons (Fsp3) is 0.500. The molecule has 1 aliphatic rings. The molecule has 1 aromatic heterocycles. The van der Waals surface area contributed by atoms with Gasteiger partial charge in [-0.3, -0.25) is 0 Å². The first-order chi connectivity index (χ1) is 15.0. The van der Waals surface area contributed by atoms with Crippen LogP contribution in [0.1, 0.15) is 33.3 Å². The predicted molar refractivity (Wildman–Crippen MR) is 127 cm³/mol. The zero-order valence-corrected chi connectivity index (χ0v) is 21.3. The molecule has 0 saturated carbocycles. The Morgan fingerprint density at radius 2 is 2.00 bits per heavy atom. The number of pyridine rings is 1. The Kier molecular flexibility index (Phi) is 6.96. The summed E-state index contributed by atoms with van der Waals surface area (Å²) < 4.78 is 17.1. The summed E-state index contributed by atoms with van der Waals surface area (Å²) in [6.45, 7) is 8.89. The third kappa shape index (κ3) is 4.52. The topological polar surface area (TPSA) is 87.9 Å². The maximum absolute atomic E-state index is 12.6. The first kappa shape index (κ1) is 24.2. The first-order valence-corrected chi connectivity index (χ1v) is 11.3. The van der Waals surface area contributed by atoms with E-state index in [1.54, 1.807) is 11.0 Å². The molecule has 0 aliphatic carbocycles. The third-order valence-corrected chi connectivity index (χ3v) is 6.46. The Bertz CT molecular complexity index is 1100. The van der Waals surface area contributed by atoms with E-state index < -0.39 is 5.60 Å². The van der Waals surface area contributed by atoms with Gasteiger partial charge in [-0.15, -0.1) is 0 Å². The zero-order chi connectivity index (χ0) is 23.8. The van der Waals surface area contributed by atoms with E-state index >= 15 is 0 Å². The number of anilines is 1. The average molecular weight is 526 g/mol. The second kappa shape index (κ2) is 9.20.